The third-order valence-corrected chi connectivity index (χ3v) is 4.73. The molecule has 0 saturated carbocycles. The minimum Gasteiger partial charge on any atom is -0.325 e. The van der Waals surface area contributed by atoms with Crippen molar-refractivity contribution in [1.82, 2.24) is 4.98 Å². The van der Waals surface area contributed by atoms with Crippen LogP contribution in [0.25, 0.3) is 10.9 Å². The largest absolute Gasteiger partial charge is 0.416 e. The van der Waals surface area contributed by atoms with Crippen LogP contribution in [-0.2, 0) is 17.1 Å². The minimum absolute atomic E-state index is 0.00338. The molecule has 0 saturated heterocycles. The van der Waals surface area contributed by atoms with Crippen LogP contribution in [0.15, 0.2) is 59.6 Å². The number of alkyl halides is 6. The smallest absolute Gasteiger partial charge is 0.325 e. The lowest BCUT2D eigenvalue weighted by molar-refractivity contribution is -0.143. The van der Waals surface area contributed by atoms with Gasteiger partial charge in [0.05, 0.1) is 27.4 Å². The van der Waals surface area contributed by atoms with E-state index in [9.17, 15) is 31.1 Å². The first-order chi connectivity index (χ1) is 13.5. The number of rotatable bonds is 4. The van der Waals surface area contributed by atoms with E-state index in [1.807, 2.05) is 12.1 Å². The molecule has 0 aliphatic carbocycles. The molecule has 0 bridgehead atoms. The standard InChI is InChI=1S/C19H12F6N2OS/c20-18(21,22)12-7-13(19(23,24)25)9-14(8-12)26-16(28)10-29-17-6-5-11-3-1-2-4-15(11)27-17/h1-9H,10H2,(H,26,28). The number of hydrogen-bond donors (Lipinski definition) is 1. The summed E-state index contributed by atoms with van der Waals surface area (Å²) in [4.78, 5) is 16.4. The van der Waals surface area contributed by atoms with Gasteiger partial charge in [0.2, 0.25) is 5.91 Å². The van der Waals surface area contributed by atoms with E-state index in [0.717, 1.165) is 17.1 Å². The number of benzene rings is 2. The number of pyridine rings is 1. The number of carbonyl (C=O) groups excluding carboxylic acids is 1. The van der Waals surface area contributed by atoms with Crippen molar-refractivity contribution in [3.8, 4) is 0 Å². The van der Waals surface area contributed by atoms with E-state index in [2.05, 4.69) is 10.3 Å². The average molecular weight is 430 g/mol. The molecular weight excluding hydrogens is 418 g/mol. The van der Waals surface area contributed by atoms with Crippen LogP contribution < -0.4 is 5.32 Å². The summed E-state index contributed by atoms with van der Waals surface area (Å²) < 4.78 is 77.3. The molecular formula is C19H12F6N2OS. The summed E-state index contributed by atoms with van der Waals surface area (Å²) in [5, 5.41) is 3.48. The Labute approximate surface area is 165 Å². The zero-order valence-electron chi connectivity index (χ0n) is 14.4. The topological polar surface area (TPSA) is 42.0 Å². The molecule has 0 aliphatic rings. The van der Waals surface area contributed by atoms with Crippen LogP contribution in [0.3, 0.4) is 0 Å². The van der Waals surface area contributed by atoms with Crippen molar-refractivity contribution in [2.75, 3.05) is 11.1 Å². The maximum absolute atomic E-state index is 12.9. The van der Waals surface area contributed by atoms with Crippen LogP contribution in [0, 0.1) is 0 Å². The summed E-state index contributed by atoms with van der Waals surface area (Å²) in [5.41, 5.74) is -2.87. The Morgan fingerprint density at radius 2 is 1.52 bits per heavy atom. The van der Waals surface area contributed by atoms with Crippen molar-refractivity contribution in [1.29, 1.82) is 0 Å². The molecule has 3 rings (SSSR count). The Morgan fingerprint density at radius 3 is 2.14 bits per heavy atom. The zero-order chi connectivity index (χ0) is 21.2. The first kappa shape index (κ1) is 21.0. The molecule has 0 spiro atoms. The van der Waals surface area contributed by atoms with E-state index in [0.29, 0.717) is 22.7 Å². The molecule has 10 heteroatoms. The number of nitrogens with zero attached hydrogens (tertiary/aromatic N) is 1. The highest BCUT2D eigenvalue weighted by atomic mass is 32.2. The normalized spacial score (nSPS) is 12.2. The van der Waals surface area contributed by atoms with Gasteiger partial charge in [-0.1, -0.05) is 36.0 Å². The lowest BCUT2D eigenvalue weighted by Crippen LogP contribution is -2.17. The lowest BCUT2D eigenvalue weighted by Gasteiger charge is -2.14. The van der Waals surface area contributed by atoms with Gasteiger partial charge in [-0.25, -0.2) is 4.98 Å². The van der Waals surface area contributed by atoms with Crippen molar-refractivity contribution in [3.05, 3.63) is 65.7 Å². The molecule has 0 unspecified atom stereocenters. The van der Waals surface area contributed by atoms with Gasteiger partial charge in [-0.2, -0.15) is 26.3 Å². The van der Waals surface area contributed by atoms with E-state index >= 15 is 0 Å². The summed E-state index contributed by atoms with van der Waals surface area (Å²) >= 11 is 1.01. The number of thioether (sulfide) groups is 1. The summed E-state index contributed by atoms with van der Waals surface area (Å²) in [6, 6.07) is 11.7. The first-order valence-electron chi connectivity index (χ1n) is 8.10. The number of fused-ring (bicyclic) bond motifs is 1. The predicted octanol–water partition coefficient (Wildman–Crippen LogP) is 6.00. The maximum atomic E-state index is 12.9. The van der Waals surface area contributed by atoms with Crippen LogP contribution in [0.4, 0.5) is 32.0 Å². The SMILES string of the molecule is O=C(CSc1ccc2ccccc2n1)Nc1cc(C(F)(F)F)cc(C(F)(F)F)c1. The third kappa shape index (κ3) is 5.41. The quantitative estimate of drug-likeness (QED) is 0.408. The van der Waals surface area contributed by atoms with Gasteiger partial charge < -0.3 is 5.32 Å². The Bertz CT molecular complexity index is 1020. The highest BCUT2D eigenvalue weighted by Gasteiger charge is 2.37. The zero-order valence-corrected chi connectivity index (χ0v) is 15.3. The van der Waals surface area contributed by atoms with Gasteiger partial charge >= 0.3 is 12.4 Å². The Hall–Kier alpha value is -2.75. The monoisotopic (exact) mass is 430 g/mol. The van der Waals surface area contributed by atoms with Crippen LogP contribution in [0.2, 0.25) is 0 Å². The van der Waals surface area contributed by atoms with E-state index in [-0.39, 0.29) is 11.8 Å². The van der Waals surface area contributed by atoms with E-state index in [1.165, 1.54) is 0 Å². The summed E-state index contributed by atoms with van der Waals surface area (Å²) in [6.45, 7) is 0. The lowest BCUT2D eigenvalue weighted by atomic mass is 10.1. The van der Waals surface area contributed by atoms with Crippen molar-refractivity contribution in [2.24, 2.45) is 0 Å². The van der Waals surface area contributed by atoms with Crippen LogP contribution in [-0.4, -0.2) is 16.6 Å². The molecule has 1 amide bonds. The van der Waals surface area contributed by atoms with Crippen LogP contribution in [0.1, 0.15) is 11.1 Å². The van der Waals surface area contributed by atoms with E-state index < -0.39 is 35.1 Å². The molecule has 2 aromatic carbocycles. The minimum atomic E-state index is -4.98. The van der Waals surface area contributed by atoms with Crippen LogP contribution >= 0.6 is 11.8 Å². The fraction of sp³-hybridized carbons (Fsp3) is 0.158. The molecule has 152 valence electrons. The average Bonchev–Trinajstić information content (AvgIpc) is 2.64. The number of nitrogens with one attached hydrogen (secondary N) is 1. The molecule has 1 heterocycles. The summed E-state index contributed by atoms with van der Waals surface area (Å²) in [7, 11) is 0. The highest BCUT2D eigenvalue weighted by Crippen LogP contribution is 2.37. The van der Waals surface area contributed by atoms with E-state index in [1.54, 1.807) is 24.3 Å². The Balaban J connectivity index is 1.73. The number of aromatic nitrogens is 1. The second-order valence-electron chi connectivity index (χ2n) is 5.97. The summed E-state index contributed by atoms with van der Waals surface area (Å²) in [5.74, 6) is -0.986. The molecule has 0 aliphatic heterocycles. The first-order valence-corrected chi connectivity index (χ1v) is 9.09. The molecule has 1 N–H and O–H groups in total. The van der Waals surface area contributed by atoms with Gasteiger partial charge in [0.1, 0.15) is 0 Å². The number of halogens is 6. The molecule has 3 aromatic rings. The predicted molar refractivity (Wildman–Crippen MR) is 97.5 cm³/mol. The fourth-order valence-electron chi connectivity index (χ4n) is 2.49. The van der Waals surface area contributed by atoms with Gasteiger partial charge in [-0.05, 0) is 30.3 Å². The second kappa shape index (κ2) is 7.94. The van der Waals surface area contributed by atoms with Crippen LogP contribution in [0.5, 0.6) is 0 Å². The van der Waals surface area contributed by atoms with E-state index in [4.69, 9.17) is 0 Å². The number of hydrogen-bond acceptors (Lipinski definition) is 3. The number of anilines is 1. The van der Waals surface area contributed by atoms with Crippen molar-refractivity contribution >= 4 is 34.3 Å². The van der Waals surface area contributed by atoms with Gasteiger partial charge in [-0.15, -0.1) is 0 Å². The summed E-state index contributed by atoms with van der Waals surface area (Å²) in [6.07, 6.45) is -9.96. The molecule has 29 heavy (non-hydrogen) atoms. The van der Waals surface area contributed by atoms with Gasteiger partial charge in [0.15, 0.2) is 0 Å². The molecule has 0 atom stereocenters. The highest BCUT2D eigenvalue weighted by molar-refractivity contribution is 7.99. The second-order valence-corrected chi connectivity index (χ2v) is 6.97. The maximum Gasteiger partial charge on any atom is 0.416 e. The van der Waals surface area contributed by atoms with Crippen molar-refractivity contribution < 1.29 is 31.1 Å². The molecule has 0 radical (unpaired) electrons. The fourth-order valence-corrected chi connectivity index (χ4v) is 3.17. The number of para-hydroxylation sites is 1. The molecule has 3 nitrogen and oxygen atoms in total. The molecule has 1 aromatic heterocycles. The van der Waals surface area contributed by atoms with Gasteiger partial charge in [-0.3, -0.25) is 4.79 Å². The van der Waals surface area contributed by atoms with Gasteiger partial charge in [0, 0.05) is 11.1 Å². The number of carbonyl (C=O) groups is 1. The third-order valence-electron chi connectivity index (χ3n) is 3.80. The van der Waals surface area contributed by atoms with Crippen molar-refractivity contribution in [3.63, 3.8) is 0 Å². The molecule has 0 fully saturated rings. The Morgan fingerprint density at radius 1 is 0.897 bits per heavy atom. The Kier molecular flexibility index (Phi) is 5.74. The van der Waals surface area contributed by atoms with Gasteiger partial charge in [0.25, 0.3) is 0 Å². The number of amides is 1. The van der Waals surface area contributed by atoms with Crippen molar-refractivity contribution in [2.45, 2.75) is 17.4 Å².